The van der Waals surface area contributed by atoms with Crippen molar-refractivity contribution in [3.63, 3.8) is 0 Å². The Morgan fingerprint density at radius 2 is 1.26 bits per heavy atom. The van der Waals surface area contributed by atoms with Crippen LogP contribution in [-0.2, 0) is 40.6 Å². The third-order valence-electron chi connectivity index (χ3n) is 5.14. The fourth-order valence-electron chi connectivity index (χ4n) is 3.02. The third-order valence-corrected chi connectivity index (χ3v) is 8.55. The lowest BCUT2D eigenvalue weighted by Crippen LogP contribution is -2.22. The van der Waals surface area contributed by atoms with Gasteiger partial charge in [0.25, 0.3) is 0 Å². The van der Waals surface area contributed by atoms with E-state index < -0.39 is 16.1 Å². The highest BCUT2D eigenvalue weighted by Gasteiger charge is 2.17. The zero-order valence-corrected chi connectivity index (χ0v) is 22.1. The maximum absolute atomic E-state index is 11.8. The van der Waals surface area contributed by atoms with Gasteiger partial charge in [0.15, 0.2) is 0 Å². The molecule has 31 heavy (non-hydrogen) atoms. The fraction of sp³-hybridized carbons (Fsp3) is 0.682. The average molecular weight is 465 g/mol. The molecule has 0 amide bonds. The van der Waals surface area contributed by atoms with Crippen LogP contribution in [0, 0.1) is 5.92 Å². The molecule has 0 unspecified atom stereocenters. The summed E-state index contributed by atoms with van der Waals surface area (Å²) in [6.07, 6.45) is 9.52. The highest BCUT2D eigenvalue weighted by Crippen LogP contribution is 2.14. The van der Waals surface area contributed by atoms with Crippen LogP contribution in [-0.4, -0.2) is 54.7 Å². The van der Waals surface area contributed by atoms with Crippen molar-refractivity contribution in [2.75, 3.05) is 13.2 Å². The van der Waals surface area contributed by atoms with Crippen LogP contribution >= 0.6 is 0 Å². The van der Waals surface area contributed by atoms with E-state index in [1.165, 1.54) is 0 Å². The van der Waals surface area contributed by atoms with Crippen LogP contribution in [0.15, 0.2) is 24.8 Å². The third kappa shape index (κ3) is 10.1. The summed E-state index contributed by atoms with van der Waals surface area (Å²) in [5.41, 5.74) is 0. The number of hydrogen-bond donors (Lipinski definition) is 0. The summed E-state index contributed by atoms with van der Waals surface area (Å²) in [5.74, 6) is 1.55. The first-order valence-electron chi connectivity index (χ1n) is 11.2. The van der Waals surface area contributed by atoms with E-state index in [4.69, 9.17) is 9.47 Å². The van der Waals surface area contributed by atoms with Crippen LogP contribution in [0.1, 0.15) is 11.6 Å². The molecular formula is C22H40N4O3Si2. The second-order valence-corrected chi connectivity index (χ2v) is 21.9. The minimum Gasteiger partial charge on any atom is -0.361 e. The van der Waals surface area contributed by atoms with E-state index in [2.05, 4.69) is 49.3 Å². The van der Waals surface area contributed by atoms with Crippen molar-refractivity contribution in [2.24, 2.45) is 5.92 Å². The highest BCUT2D eigenvalue weighted by atomic mass is 28.3. The molecular weight excluding hydrogens is 424 g/mol. The van der Waals surface area contributed by atoms with Crippen molar-refractivity contribution >= 4 is 22.4 Å². The molecule has 7 nitrogen and oxygen atoms in total. The summed E-state index contributed by atoms with van der Waals surface area (Å²) in [6.45, 7) is 16.5. The van der Waals surface area contributed by atoms with Crippen LogP contribution < -0.4 is 0 Å². The molecule has 0 aliphatic carbocycles. The van der Waals surface area contributed by atoms with Gasteiger partial charge in [-0.15, -0.1) is 0 Å². The van der Waals surface area contributed by atoms with Crippen molar-refractivity contribution in [3.05, 3.63) is 36.4 Å². The number of aromatic nitrogens is 4. The molecule has 0 fully saturated rings. The normalized spacial score (nSPS) is 12.6. The van der Waals surface area contributed by atoms with Gasteiger partial charge in [-0.05, 0) is 12.1 Å². The Hall–Kier alpha value is -1.56. The molecule has 0 spiro atoms. The number of rotatable bonds is 15. The zero-order valence-electron chi connectivity index (χ0n) is 20.1. The van der Waals surface area contributed by atoms with E-state index >= 15 is 0 Å². The molecule has 0 atom stereocenters. The van der Waals surface area contributed by atoms with Crippen LogP contribution in [0.5, 0.6) is 0 Å². The molecule has 174 valence electrons. The summed E-state index contributed by atoms with van der Waals surface area (Å²) in [6, 6.07) is 2.27. The molecule has 9 heteroatoms. The second-order valence-electron chi connectivity index (χ2n) is 10.6. The van der Waals surface area contributed by atoms with Gasteiger partial charge in [0.1, 0.15) is 31.4 Å². The Balaban J connectivity index is 1.86. The van der Waals surface area contributed by atoms with Gasteiger partial charge in [-0.1, -0.05) is 39.3 Å². The fourth-order valence-corrected chi connectivity index (χ4v) is 4.53. The second kappa shape index (κ2) is 11.9. The number of carbonyl (C=O) groups excluding carboxylic acids is 1. The topological polar surface area (TPSA) is 71.2 Å². The zero-order chi connectivity index (χ0) is 22.9. The molecule has 0 bridgehead atoms. The number of carbonyl (C=O) groups is 1. The minimum absolute atomic E-state index is 0.189. The first kappa shape index (κ1) is 25.7. The Bertz CT molecular complexity index is 731. The maximum Gasteiger partial charge on any atom is 0.123 e. The molecule has 0 N–H and O–H groups in total. The summed E-state index contributed by atoms with van der Waals surface area (Å²) < 4.78 is 15.7. The number of imidazole rings is 2. The highest BCUT2D eigenvalue weighted by molar-refractivity contribution is 6.76. The van der Waals surface area contributed by atoms with Gasteiger partial charge < -0.3 is 23.4 Å². The molecule has 0 aromatic carbocycles. The first-order chi connectivity index (χ1) is 14.6. The van der Waals surface area contributed by atoms with Crippen molar-refractivity contribution in [2.45, 2.75) is 77.7 Å². The first-order valence-corrected chi connectivity index (χ1v) is 18.6. The Morgan fingerprint density at radius 1 is 0.839 bits per heavy atom. The molecule has 0 saturated carbocycles. The number of hydrogen-bond acceptors (Lipinski definition) is 5. The van der Waals surface area contributed by atoms with Crippen LogP contribution in [0.2, 0.25) is 51.4 Å². The smallest absolute Gasteiger partial charge is 0.123 e. The lowest BCUT2D eigenvalue weighted by Gasteiger charge is -2.17. The van der Waals surface area contributed by atoms with E-state index in [-0.39, 0.29) is 5.92 Å². The minimum atomic E-state index is -1.10. The van der Waals surface area contributed by atoms with Gasteiger partial charge in [-0.25, -0.2) is 9.97 Å². The predicted molar refractivity (Wildman–Crippen MR) is 130 cm³/mol. The summed E-state index contributed by atoms with van der Waals surface area (Å²) in [4.78, 5) is 20.7. The van der Waals surface area contributed by atoms with Gasteiger partial charge in [0, 0.05) is 72.9 Å². The molecule has 2 aromatic heterocycles. The monoisotopic (exact) mass is 464 g/mol. The van der Waals surface area contributed by atoms with Crippen LogP contribution in [0.4, 0.5) is 0 Å². The number of aldehydes is 1. The van der Waals surface area contributed by atoms with E-state index in [0.717, 1.165) is 43.2 Å². The molecule has 2 aromatic rings. The molecule has 2 rings (SSSR count). The van der Waals surface area contributed by atoms with Gasteiger partial charge in [-0.2, -0.15) is 0 Å². The van der Waals surface area contributed by atoms with Gasteiger partial charge in [0.05, 0.1) is 0 Å². The van der Waals surface area contributed by atoms with Gasteiger partial charge in [0.2, 0.25) is 0 Å². The molecule has 0 radical (unpaired) electrons. The lowest BCUT2D eigenvalue weighted by molar-refractivity contribution is -0.111. The van der Waals surface area contributed by atoms with Crippen LogP contribution in [0.3, 0.4) is 0 Å². The SMILES string of the molecule is C[Si](C)(C)CCOCn1ccnc1CC(C=O)Cc1nccn1COCC[Si](C)(C)C. The average Bonchev–Trinajstić information content (AvgIpc) is 3.29. The van der Waals surface area contributed by atoms with Gasteiger partial charge >= 0.3 is 0 Å². The summed E-state index contributed by atoms with van der Waals surface area (Å²) >= 11 is 0. The van der Waals surface area contributed by atoms with Crippen LogP contribution in [0.25, 0.3) is 0 Å². The van der Waals surface area contributed by atoms with E-state index in [9.17, 15) is 4.79 Å². The lowest BCUT2D eigenvalue weighted by atomic mass is 10.0. The Morgan fingerprint density at radius 3 is 1.61 bits per heavy atom. The van der Waals surface area contributed by atoms with Gasteiger partial charge in [-0.3, -0.25) is 0 Å². The number of ether oxygens (including phenoxy) is 2. The van der Waals surface area contributed by atoms with Crippen molar-refractivity contribution in [1.29, 1.82) is 0 Å². The summed E-state index contributed by atoms with van der Waals surface area (Å²) in [5, 5.41) is 0. The van der Waals surface area contributed by atoms with Crippen molar-refractivity contribution < 1.29 is 14.3 Å². The molecule has 0 aliphatic heterocycles. The molecule has 0 aliphatic rings. The largest absolute Gasteiger partial charge is 0.361 e. The molecule has 0 saturated heterocycles. The summed E-state index contributed by atoms with van der Waals surface area (Å²) in [7, 11) is -2.21. The molecule has 2 heterocycles. The standard InChI is InChI=1S/C22H40N4O3Si2/c1-30(2,3)13-11-28-18-25-9-7-23-21(25)15-20(17-27)16-22-24-8-10-26(22)19-29-12-14-31(4,5)6/h7-10,17,20H,11-16,18-19H2,1-6H3. The van der Waals surface area contributed by atoms with Crippen molar-refractivity contribution in [3.8, 4) is 0 Å². The Kier molecular flexibility index (Phi) is 9.86. The quantitative estimate of drug-likeness (QED) is 0.223. The van der Waals surface area contributed by atoms with Crippen molar-refractivity contribution in [1.82, 2.24) is 19.1 Å². The number of nitrogens with zero attached hydrogens (tertiary/aromatic N) is 4. The van der Waals surface area contributed by atoms with E-state index in [0.29, 0.717) is 26.3 Å². The predicted octanol–water partition coefficient (Wildman–Crippen LogP) is 4.30. The van der Waals surface area contributed by atoms with E-state index in [1.54, 1.807) is 12.4 Å². The van der Waals surface area contributed by atoms with E-state index in [1.807, 2.05) is 21.5 Å². The Labute approximate surface area is 189 Å². The maximum atomic E-state index is 11.8.